The second kappa shape index (κ2) is 4.91. The van der Waals surface area contributed by atoms with Crippen LogP contribution >= 0.6 is 0 Å². The van der Waals surface area contributed by atoms with E-state index in [0.717, 1.165) is 10.8 Å². The number of nitrogens with zero attached hydrogens (tertiary/aromatic N) is 1. The Labute approximate surface area is 127 Å². The average Bonchev–Trinajstić information content (AvgIpc) is 2.87. The van der Waals surface area contributed by atoms with Crippen molar-refractivity contribution in [1.29, 1.82) is 0 Å². The van der Waals surface area contributed by atoms with Crippen LogP contribution in [0.1, 0.15) is 26.5 Å². The highest BCUT2D eigenvalue weighted by Crippen LogP contribution is 2.32. The summed E-state index contributed by atoms with van der Waals surface area (Å²) in [5, 5.41) is 2.18. The zero-order valence-corrected chi connectivity index (χ0v) is 12.7. The van der Waals surface area contributed by atoms with Gasteiger partial charge in [-0.2, -0.15) is 0 Å². The van der Waals surface area contributed by atoms with Crippen molar-refractivity contribution >= 4 is 16.5 Å². The van der Waals surface area contributed by atoms with E-state index in [1.807, 2.05) is 24.4 Å². The minimum absolute atomic E-state index is 0.0306. The van der Waals surface area contributed by atoms with Gasteiger partial charge in [0, 0.05) is 28.1 Å². The Morgan fingerprint density at radius 3 is 2.73 bits per heavy atom. The third-order valence-electron chi connectivity index (χ3n) is 3.48. The lowest BCUT2D eigenvalue weighted by atomic mass is 9.90. The van der Waals surface area contributed by atoms with E-state index >= 15 is 0 Å². The Hall–Kier alpha value is -2.76. The van der Waals surface area contributed by atoms with Gasteiger partial charge in [-0.25, -0.2) is 4.98 Å². The first kappa shape index (κ1) is 14.2. The maximum Gasteiger partial charge on any atom is 0.277 e. The Morgan fingerprint density at radius 2 is 2.00 bits per heavy atom. The van der Waals surface area contributed by atoms with Crippen molar-refractivity contribution in [2.45, 2.75) is 26.2 Å². The van der Waals surface area contributed by atoms with E-state index in [2.05, 4.69) is 35.7 Å². The SMILES string of the molecule is CC(C)(C)c1[nH]cc2cc(Oc3nc[nH]c(=O)c3N)ccc12. The molecule has 3 aromatic rings. The molecule has 1 aromatic carbocycles. The third-order valence-corrected chi connectivity index (χ3v) is 3.48. The van der Waals surface area contributed by atoms with E-state index in [4.69, 9.17) is 10.5 Å². The average molecular weight is 298 g/mol. The van der Waals surface area contributed by atoms with Gasteiger partial charge in [0.25, 0.3) is 5.56 Å². The fourth-order valence-electron chi connectivity index (χ4n) is 2.39. The zero-order valence-electron chi connectivity index (χ0n) is 12.7. The van der Waals surface area contributed by atoms with Crippen molar-refractivity contribution in [2.75, 3.05) is 5.73 Å². The quantitative estimate of drug-likeness (QED) is 0.677. The number of benzene rings is 1. The van der Waals surface area contributed by atoms with Gasteiger partial charge in [-0.15, -0.1) is 0 Å². The number of nitrogens with two attached hydrogens (primary N) is 1. The van der Waals surface area contributed by atoms with Crippen LogP contribution < -0.4 is 16.0 Å². The molecule has 2 aromatic heterocycles. The number of anilines is 1. The van der Waals surface area contributed by atoms with Crippen molar-refractivity contribution < 1.29 is 4.74 Å². The normalized spacial score (nSPS) is 11.8. The number of nitrogen functional groups attached to an aromatic ring is 1. The van der Waals surface area contributed by atoms with Gasteiger partial charge in [-0.3, -0.25) is 4.79 Å². The van der Waals surface area contributed by atoms with Gasteiger partial charge in [0.15, 0.2) is 5.69 Å². The molecule has 0 fully saturated rings. The molecule has 0 saturated heterocycles. The molecular formula is C16H18N4O2. The number of hydrogen-bond acceptors (Lipinski definition) is 4. The van der Waals surface area contributed by atoms with Crippen molar-refractivity contribution in [3.05, 3.63) is 46.8 Å². The van der Waals surface area contributed by atoms with E-state index < -0.39 is 5.56 Å². The minimum atomic E-state index is -0.414. The molecule has 0 saturated carbocycles. The first-order chi connectivity index (χ1) is 10.4. The predicted octanol–water partition coefficient (Wildman–Crippen LogP) is 2.92. The number of rotatable bonds is 2. The highest BCUT2D eigenvalue weighted by molar-refractivity contribution is 5.87. The van der Waals surface area contributed by atoms with Crippen molar-refractivity contribution in [3.8, 4) is 11.6 Å². The molecule has 0 aliphatic heterocycles. The summed E-state index contributed by atoms with van der Waals surface area (Å²) in [5.74, 6) is 0.687. The molecule has 2 heterocycles. The summed E-state index contributed by atoms with van der Waals surface area (Å²) in [6.45, 7) is 6.47. The highest BCUT2D eigenvalue weighted by Gasteiger charge is 2.18. The monoisotopic (exact) mass is 298 g/mol. The van der Waals surface area contributed by atoms with E-state index in [-0.39, 0.29) is 17.0 Å². The van der Waals surface area contributed by atoms with Crippen LogP contribution in [0.5, 0.6) is 11.6 Å². The highest BCUT2D eigenvalue weighted by atomic mass is 16.5. The molecule has 114 valence electrons. The Kier molecular flexibility index (Phi) is 3.16. The second-order valence-electron chi connectivity index (χ2n) is 6.22. The largest absolute Gasteiger partial charge is 0.437 e. The van der Waals surface area contributed by atoms with Crippen LogP contribution in [0.15, 0.2) is 35.5 Å². The lowest BCUT2D eigenvalue weighted by Gasteiger charge is -2.17. The molecule has 0 unspecified atom stereocenters. The van der Waals surface area contributed by atoms with Crippen LogP contribution in [-0.4, -0.2) is 15.0 Å². The number of aromatic nitrogens is 3. The van der Waals surface area contributed by atoms with Gasteiger partial charge in [-0.1, -0.05) is 20.8 Å². The summed E-state index contributed by atoms with van der Waals surface area (Å²) in [6, 6.07) is 5.72. The van der Waals surface area contributed by atoms with Crippen LogP contribution in [0.25, 0.3) is 10.8 Å². The maximum atomic E-state index is 11.5. The third kappa shape index (κ3) is 2.43. The van der Waals surface area contributed by atoms with Crippen molar-refractivity contribution in [1.82, 2.24) is 15.0 Å². The molecule has 0 atom stereocenters. The van der Waals surface area contributed by atoms with Gasteiger partial charge in [-0.05, 0) is 18.2 Å². The van der Waals surface area contributed by atoms with Crippen LogP contribution in [0, 0.1) is 0 Å². The van der Waals surface area contributed by atoms with E-state index in [0.29, 0.717) is 5.75 Å². The van der Waals surface area contributed by atoms with Crippen molar-refractivity contribution in [2.24, 2.45) is 0 Å². The van der Waals surface area contributed by atoms with Crippen LogP contribution in [0.4, 0.5) is 5.69 Å². The number of ether oxygens (including phenoxy) is 1. The van der Waals surface area contributed by atoms with Gasteiger partial charge in [0.05, 0.1) is 6.33 Å². The van der Waals surface area contributed by atoms with Gasteiger partial charge in [0.2, 0.25) is 5.88 Å². The molecule has 4 N–H and O–H groups in total. The molecule has 0 aliphatic carbocycles. The van der Waals surface area contributed by atoms with E-state index in [9.17, 15) is 4.79 Å². The van der Waals surface area contributed by atoms with Gasteiger partial charge < -0.3 is 20.4 Å². The van der Waals surface area contributed by atoms with Gasteiger partial charge in [0.1, 0.15) is 5.75 Å². The number of aromatic amines is 2. The van der Waals surface area contributed by atoms with Gasteiger partial charge >= 0.3 is 0 Å². The van der Waals surface area contributed by atoms with Crippen LogP contribution in [0.2, 0.25) is 0 Å². The first-order valence-electron chi connectivity index (χ1n) is 6.99. The minimum Gasteiger partial charge on any atom is -0.437 e. The summed E-state index contributed by atoms with van der Waals surface area (Å²) in [6.07, 6.45) is 3.21. The molecule has 0 amide bonds. The molecule has 0 spiro atoms. The molecular weight excluding hydrogens is 280 g/mol. The van der Waals surface area contributed by atoms with Crippen molar-refractivity contribution in [3.63, 3.8) is 0 Å². The fourth-order valence-corrected chi connectivity index (χ4v) is 2.39. The van der Waals surface area contributed by atoms with Crippen LogP contribution in [0.3, 0.4) is 0 Å². The maximum absolute atomic E-state index is 11.5. The number of hydrogen-bond donors (Lipinski definition) is 3. The molecule has 0 bridgehead atoms. The second-order valence-corrected chi connectivity index (χ2v) is 6.22. The summed E-state index contributed by atoms with van der Waals surface area (Å²) in [4.78, 5) is 21.1. The summed E-state index contributed by atoms with van der Waals surface area (Å²) in [5.41, 5.74) is 6.42. The number of nitrogens with one attached hydrogen (secondary N) is 2. The summed E-state index contributed by atoms with van der Waals surface area (Å²) >= 11 is 0. The zero-order chi connectivity index (χ0) is 15.9. The molecule has 0 aliphatic rings. The first-order valence-corrected chi connectivity index (χ1v) is 6.99. The molecule has 22 heavy (non-hydrogen) atoms. The fraction of sp³-hybridized carbons (Fsp3) is 0.250. The Bertz CT molecular complexity index is 887. The summed E-state index contributed by atoms with van der Waals surface area (Å²) < 4.78 is 5.62. The predicted molar refractivity (Wildman–Crippen MR) is 86.3 cm³/mol. The molecule has 6 heteroatoms. The molecule has 6 nitrogen and oxygen atoms in total. The Balaban J connectivity index is 2.00. The Morgan fingerprint density at radius 1 is 1.23 bits per heavy atom. The summed E-state index contributed by atoms with van der Waals surface area (Å²) in [7, 11) is 0. The topological polar surface area (TPSA) is 96.8 Å². The lowest BCUT2D eigenvalue weighted by Crippen LogP contribution is -2.13. The van der Waals surface area contributed by atoms with E-state index in [1.54, 1.807) is 0 Å². The van der Waals surface area contributed by atoms with Crippen LogP contribution in [-0.2, 0) is 5.41 Å². The molecule has 3 rings (SSSR count). The van der Waals surface area contributed by atoms with E-state index in [1.165, 1.54) is 12.0 Å². The lowest BCUT2D eigenvalue weighted by molar-refractivity contribution is 0.464. The number of H-pyrrole nitrogens is 2. The smallest absolute Gasteiger partial charge is 0.277 e. The number of fused-ring (bicyclic) bond motifs is 1. The standard InChI is InChI=1S/C16H18N4O2/c1-16(2,3)13-11-5-4-10(6-9(11)7-18-13)22-15-12(17)14(21)19-8-20-15/h4-8,18H,17H2,1-3H3,(H,19,20,21). The molecule has 0 radical (unpaired) electrons.